The van der Waals surface area contributed by atoms with Crippen LogP contribution in [0, 0.1) is 0 Å². The van der Waals surface area contributed by atoms with Gasteiger partial charge in [0, 0.05) is 0 Å². The SMILES string of the molecule is CCCCCCCCCCCCCC.CCSCC[C@H](N)C(=O)O. The van der Waals surface area contributed by atoms with Crippen LogP contribution in [0.15, 0.2) is 0 Å². The normalized spacial score (nSPS) is 11.7. The largest absolute Gasteiger partial charge is 0.480 e. The van der Waals surface area contributed by atoms with E-state index in [-0.39, 0.29) is 0 Å². The molecule has 0 radical (unpaired) electrons. The van der Waals surface area contributed by atoms with Gasteiger partial charge in [-0.3, -0.25) is 4.79 Å². The predicted octanol–water partition coefficient (Wildman–Crippen LogP) is 6.25. The lowest BCUT2D eigenvalue weighted by Crippen LogP contribution is -2.30. The molecule has 0 aromatic rings. The van der Waals surface area contributed by atoms with Crippen LogP contribution in [0.4, 0.5) is 0 Å². The summed E-state index contributed by atoms with van der Waals surface area (Å²) in [4.78, 5) is 10.2. The molecule has 3 N–H and O–H groups in total. The van der Waals surface area contributed by atoms with Gasteiger partial charge in [0.15, 0.2) is 0 Å². The van der Waals surface area contributed by atoms with Crippen molar-refractivity contribution in [2.24, 2.45) is 5.73 Å². The van der Waals surface area contributed by atoms with Gasteiger partial charge in [-0.25, -0.2) is 0 Å². The molecule has 0 saturated carbocycles. The van der Waals surface area contributed by atoms with Crippen LogP contribution in [0.5, 0.6) is 0 Å². The highest BCUT2D eigenvalue weighted by molar-refractivity contribution is 7.99. The van der Waals surface area contributed by atoms with Gasteiger partial charge in [-0.2, -0.15) is 11.8 Å². The summed E-state index contributed by atoms with van der Waals surface area (Å²) >= 11 is 1.71. The van der Waals surface area contributed by atoms with E-state index in [1.165, 1.54) is 77.0 Å². The molecule has 0 aliphatic rings. The van der Waals surface area contributed by atoms with Crippen molar-refractivity contribution in [1.29, 1.82) is 0 Å². The third-order valence-electron chi connectivity index (χ3n) is 4.05. The smallest absolute Gasteiger partial charge is 0.320 e. The van der Waals surface area contributed by atoms with Crippen molar-refractivity contribution in [1.82, 2.24) is 0 Å². The minimum atomic E-state index is -0.906. The number of carboxylic acid groups (broad SMARTS) is 1. The van der Waals surface area contributed by atoms with Gasteiger partial charge < -0.3 is 10.8 Å². The summed E-state index contributed by atoms with van der Waals surface area (Å²) in [6.45, 7) is 6.61. The Morgan fingerprint density at radius 3 is 1.50 bits per heavy atom. The minimum Gasteiger partial charge on any atom is -0.480 e. The van der Waals surface area contributed by atoms with Crippen LogP contribution in [-0.4, -0.2) is 28.6 Å². The van der Waals surface area contributed by atoms with Gasteiger partial charge in [-0.15, -0.1) is 0 Å². The quantitative estimate of drug-likeness (QED) is 0.319. The third-order valence-corrected chi connectivity index (χ3v) is 4.98. The molecular formula is C20H43NO2S. The second-order valence-corrected chi connectivity index (χ2v) is 7.86. The first-order valence-corrected chi connectivity index (χ1v) is 11.3. The Hall–Kier alpha value is -0.220. The molecule has 0 spiro atoms. The number of rotatable bonds is 16. The van der Waals surface area contributed by atoms with E-state index >= 15 is 0 Å². The number of aliphatic carboxylic acids is 1. The fraction of sp³-hybridized carbons (Fsp3) is 0.950. The highest BCUT2D eigenvalue weighted by Crippen LogP contribution is 2.11. The van der Waals surface area contributed by atoms with Crippen molar-refractivity contribution in [3.8, 4) is 0 Å². The molecule has 0 rings (SSSR count). The lowest BCUT2D eigenvalue weighted by molar-refractivity contribution is -0.138. The number of carbonyl (C=O) groups is 1. The van der Waals surface area contributed by atoms with Crippen LogP contribution in [0.3, 0.4) is 0 Å². The molecule has 1 atom stereocenters. The van der Waals surface area contributed by atoms with Gasteiger partial charge in [0.25, 0.3) is 0 Å². The summed E-state index contributed by atoms with van der Waals surface area (Å²) in [6, 6.07) is -0.681. The molecule has 0 aliphatic heterocycles. The van der Waals surface area contributed by atoms with Gasteiger partial charge >= 0.3 is 5.97 Å². The molecule has 0 aliphatic carbocycles. The maximum absolute atomic E-state index is 10.2. The first-order chi connectivity index (χ1) is 11.6. The molecule has 0 amide bonds. The van der Waals surface area contributed by atoms with Crippen molar-refractivity contribution in [3.05, 3.63) is 0 Å². The second-order valence-electron chi connectivity index (χ2n) is 6.47. The topological polar surface area (TPSA) is 63.3 Å². The van der Waals surface area contributed by atoms with Crippen LogP contribution in [-0.2, 0) is 4.79 Å². The van der Waals surface area contributed by atoms with Crippen molar-refractivity contribution >= 4 is 17.7 Å². The van der Waals surface area contributed by atoms with Gasteiger partial charge in [0.05, 0.1) is 0 Å². The van der Waals surface area contributed by atoms with E-state index < -0.39 is 12.0 Å². The zero-order chi connectivity index (χ0) is 18.5. The Kier molecular flexibility index (Phi) is 24.7. The predicted molar refractivity (Wildman–Crippen MR) is 110 cm³/mol. The van der Waals surface area contributed by atoms with Crippen LogP contribution in [0.25, 0.3) is 0 Å². The number of carboxylic acids is 1. The highest BCUT2D eigenvalue weighted by atomic mass is 32.2. The fourth-order valence-corrected chi connectivity index (χ4v) is 3.10. The van der Waals surface area contributed by atoms with Crippen molar-refractivity contribution in [2.45, 2.75) is 110 Å². The summed E-state index contributed by atoms with van der Waals surface area (Å²) < 4.78 is 0. The molecule has 0 bridgehead atoms. The molecule has 0 fully saturated rings. The zero-order valence-corrected chi connectivity index (χ0v) is 17.3. The van der Waals surface area contributed by atoms with Crippen LogP contribution in [0.1, 0.15) is 104 Å². The van der Waals surface area contributed by atoms with E-state index in [2.05, 4.69) is 13.8 Å². The summed E-state index contributed by atoms with van der Waals surface area (Å²) in [5.74, 6) is 0.952. The van der Waals surface area contributed by atoms with Gasteiger partial charge in [0.2, 0.25) is 0 Å². The Morgan fingerprint density at radius 2 is 1.21 bits per heavy atom. The number of thioether (sulfide) groups is 1. The molecule has 4 heteroatoms. The number of hydrogen-bond acceptors (Lipinski definition) is 3. The van der Waals surface area contributed by atoms with E-state index in [1.54, 1.807) is 11.8 Å². The molecule has 146 valence electrons. The van der Waals surface area contributed by atoms with Crippen molar-refractivity contribution < 1.29 is 9.90 Å². The average Bonchev–Trinajstić information content (AvgIpc) is 2.57. The molecule has 3 nitrogen and oxygen atoms in total. The Labute approximate surface area is 155 Å². The molecule has 24 heavy (non-hydrogen) atoms. The number of unbranched alkanes of at least 4 members (excludes halogenated alkanes) is 11. The van der Waals surface area contributed by atoms with E-state index in [0.717, 1.165) is 11.5 Å². The van der Waals surface area contributed by atoms with Crippen LogP contribution < -0.4 is 5.73 Å². The van der Waals surface area contributed by atoms with Gasteiger partial charge in [0.1, 0.15) is 6.04 Å². The van der Waals surface area contributed by atoms with E-state index in [9.17, 15) is 4.79 Å². The highest BCUT2D eigenvalue weighted by Gasteiger charge is 2.09. The van der Waals surface area contributed by atoms with Gasteiger partial charge in [-0.05, 0) is 17.9 Å². The molecule has 0 aromatic carbocycles. The summed E-state index contributed by atoms with van der Waals surface area (Å²) in [7, 11) is 0. The molecular weight excluding hydrogens is 318 g/mol. The Bertz CT molecular complexity index is 238. The standard InChI is InChI=1S/C14H30.C6H13NO2S/c1-3-5-7-9-11-13-14-12-10-8-6-4-2;1-2-10-4-3-5(7)6(8)9/h3-14H2,1-2H3;5H,2-4,7H2,1H3,(H,8,9)/t;5-/m.0/s1. The van der Waals surface area contributed by atoms with E-state index in [4.69, 9.17) is 10.8 Å². The lowest BCUT2D eigenvalue weighted by Gasteiger charge is -2.03. The maximum Gasteiger partial charge on any atom is 0.320 e. The summed E-state index contributed by atoms with van der Waals surface area (Å²) in [6.07, 6.45) is 18.0. The molecule has 0 unspecified atom stereocenters. The lowest BCUT2D eigenvalue weighted by atomic mass is 10.1. The minimum absolute atomic E-state index is 0.563. The van der Waals surface area contributed by atoms with Gasteiger partial charge in [-0.1, -0.05) is 97.8 Å². The van der Waals surface area contributed by atoms with Crippen molar-refractivity contribution in [2.75, 3.05) is 11.5 Å². The zero-order valence-electron chi connectivity index (χ0n) is 16.5. The molecule has 0 heterocycles. The maximum atomic E-state index is 10.2. The summed E-state index contributed by atoms with van der Waals surface area (Å²) in [5.41, 5.74) is 5.24. The molecule has 0 aromatic heterocycles. The monoisotopic (exact) mass is 361 g/mol. The van der Waals surface area contributed by atoms with Crippen LogP contribution in [0.2, 0.25) is 0 Å². The van der Waals surface area contributed by atoms with E-state index in [0.29, 0.717) is 6.42 Å². The third kappa shape index (κ3) is 24.0. The fourth-order valence-electron chi connectivity index (χ4n) is 2.39. The first-order valence-electron chi connectivity index (χ1n) is 10.2. The Balaban J connectivity index is 0. The Morgan fingerprint density at radius 1 is 0.833 bits per heavy atom. The van der Waals surface area contributed by atoms with E-state index in [1.807, 2.05) is 6.92 Å². The number of nitrogens with two attached hydrogens (primary N) is 1. The summed E-state index contributed by atoms with van der Waals surface area (Å²) in [5, 5.41) is 8.35. The molecule has 0 saturated heterocycles. The van der Waals surface area contributed by atoms with Crippen molar-refractivity contribution in [3.63, 3.8) is 0 Å². The number of hydrogen-bond donors (Lipinski definition) is 2. The first kappa shape index (κ1) is 26.0. The average molecular weight is 362 g/mol. The second kappa shape index (κ2) is 22.8. The van der Waals surface area contributed by atoms with Crippen LogP contribution >= 0.6 is 11.8 Å².